The van der Waals surface area contributed by atoms with Gasteiger partial charge in [0, 0.05) is 6.42 Å². The fraction of sp³-hybridized carbons (Fsp3) is 0.831. The lowest BCUT2D eigenvalue weighted by atomic mass is 10.0. The van der Waals surface area contributed by atoms with Crippen molar-refractivity contribution in [2.45, 2.75) is 309 Å². The van der Waals surface area contributed by atoms with Crippen LogP contribution in [0.1, 0.15) is 290 Å². The van der Waals surface area contributed by atoms with Crippen molar-refractivity contribution in [2.24, 2.45) is 0 Å². The summed E-state index contributed by atoms with van der Waals surface area (Å²) in [5.41, 5.74) is 0. The van der Waals surface area contributed by atoms with Crippen molar-refractivity contribution in [2.75, 3.05) is 6.61 Å². The van der Waals surface area contributed by atoms with Gasteiger partial charge in [-0.05, 0) is 83.5 Å². The van der Waals surface area contributed by atoms with E-state index in [1.165, 1.54) is 161 Å². The number of carbonyl (C=O) groups is 2. The topological polar surface area (TPSA) is 95.9 Å². The zero-order chi connectivity index (χ0) is 47.4. The maximum Gasteiger partial charge on any atom is 0.306 e. The van der Waals surface area contributed by atoms with Crippen molar-refractivity contribution in [1.82, 2.24) is 5.32 Å². The minimum absolute atomic E-state index is 0.0626. The predicted molar refractivity (Wildman–Crippen MR) is 282 cm³/mol. The van der Waals surface area contributed by atoms with Gasteiger partial charge in [-0.25, -0.2) is 0 Å². The third kappa shape index (κ3) is 48.1. The minimum atomic E-state index is -0.795. The highest BCUT2D eigenvalue weighted by atomic mass is 16.5. The summed E-state index contributed by atoms with van der Waals surface area (Å²) in [6.45, 7) is 6.47. The van der Waals surface area contributed by atoms with E-state index in [1.807, 2.05) is 0 Å². The monoisotopic (exact) mass is 912 g/mol. The zero-order valence-corrected chi connectivity index (χ0v) is 43.4. The highest BCUT2D eigenvalue weighted by Gasteiger charge is 2.24. The number of amides is 1. The molecule has 0 aliphatic rings. The van der Waals surface area contributed by atoms with Crippen molar-refractivity contribution < 1.29 is 24.5 Å². The van der Waals surface area contributed by atoms with Crippen LogP contribution in [0.25, 0.3) is 0 Å². The lowest BCUT2D eigenvalue weighted by Crippen LogP contribution is -2.46. The number of esters is 1. The molecule has 6 nitrogen and oxygen atoms in total. The molecule has 0 saturated heterocycles. The van der Waals surface area contributed by atoms with Crippen LogP contribution in [0.2, 0.25) is 0 Å². The Hall–Kier alpha value is -2.18. The molecule has 0 aromatic rings. The number of ether oxygens (including phenoxy) is 1. The predicted octanol–water partition coefficient (Wildman–Crippen LogP) is 17.4. The van der Waals surface area contributed by atoms with E-state index in [-0.39, 0.29) is 24.9 Å². The molecule has 1 amide bonds. The fourth-order valence-electron chi connectivity index (χ4n) is 8.57. The number of rotatable bonds is 51. The van der Waals surface area contributed by atoms with Gasteiger partial charge in [-0.1, -0.05) is 243 Å². The Morgan fingerprint density at radius 3 is 1.29 bits per heavy atom. The Morgan fingerprint density at radius 2 is 0.831 bits per heavy atom. The summed E-state index contributed by atoms with van der Waals surface area (Å²) in [6.07, 6.45) is 64.5. The second-order valence-corrected chi connectivity index (χ2v) is 19.4. The summed E-state index contributed by atoms with van der Waals surface area (Å²) in [7, 11) is 0. The van der Waals surface area contributed by atoms with Crippen LogP contribution in [-0.2, 0) is 14.3 Å². The lowest BCUT2D eigenvalue weighted by molar-refractivity contribution is -0.151. The van der Waals surface area contributed by atoms with Gasteiger partial charge in [-0.15, -0.1) is 0 Å². The maximum atomic E-state index is 13.3. The van der Waals surface area contributed by atoms with E-state index in [4.69, 9.17) is 4.74 Å². The molecule has 0 rings (SSSR count). The Kier molecular flexibility index (Phi) is 51.0. The van der Waals surface area contributed by atoms with Crippen LogP contribution >= 0.6 is 0 Å². The Bertz CT molecular complexity index is 1110. The molecule has 65 heavy (non-hydrogen) atoms. The standard InChI is InChI=1S/C59H109NO5/c1-4-7-10-13-16-19-22-25-27-29-30-33-35-38-41-44-47-50-55(65-59(64)52-49-46-43-40-37-34-31-28-26-23-20-17-14-11-8-5-2)53-58(63)60-56(54-61)57(62)51-48-45-42-39-36-32-24-21-18-15-12-9-6-3/h16,19,25,27-28,31,34,37,55-57,61-62H,4-15,17-18,20-24,26,29-30,32-33,35-36,38-54H2,1-3H3,(H,60,63)/b19-16-,27-25-,31-28+,37-34+. The molecule has 0 radical (unpaired) electrons. The number of hydrogen-bond acceptors (Lipinski definition) is 5. The summed E-state index contributed by atoms with van der Waals surface area (Å²) in [6, 6.07) is -0.710. The van der Waals surface area contributed by atoms with Gasteiger partial charge in [-0.2, -0.15) is 0 Å². The molecule has 0 spiro atoms. The molecule has 0 aliphatic carbocycles. The molecule has 0 aliphatic heterocycles. The number of carbonyl (C=O) groups excluding carboxylic acids is 2. The number of nitrogens with one attached hydrogen (secondary N) is 1. The van der Waals surface area contributed by atoms with Gasteiger partial charge in [-0.3, -0.25) is 9.59 Å². The van der Waals surface area contributed by atoms with E-state index in [9.17, 15) is 19.8 Å². The molecule has 0 heterocycles. The highest BCUT2D eigenvalue weighted by molar-refractivity contribution is 5.77. The quantitative estimate of drug-likeness (QED) is 0.0245. The average molecular weight is 913 g/mol. The number of aliphatic hydroxyl groups is 2. The van der Waals surface area contributed by atoms with E-state index in [1.54, 1.807) is 0 Å². The van der Waals surface area contributed by atoms with E-state index in [0.29, 0.717) is 19.3 Å². The zero-order valence-electron chi connectivity index (χ0n) is 43.4. The molecule has 0 aromatic heterocycles. The molecule has 380 valence electrons. The van der Waals surface area contributed by atoms with Gasteiger partial charge in [0.1, 0.15) is 6.10 Å². The van der Waals surface area contributed by atoms with Crippen LogP contribution in [0, 0.1) is 0 Å². The first-order valence-corrected chi connectivity index (χ1v) is 28.4. The molecule has 3 unspecified atom stereocenters. The SMILES string of the molecule is CCCCC/C=C\C/C=C\CCCCCCCCCC(CC(=O)NC(CO)C(O)CCCCCCCCCCCCCCC)OC(=O)CCCCC/C=C/C=C/CCCCCCCCC. The summed E-state index contributed by atoms with van der Waals surface area (Å²) < 4.78 is 5.94. The fourth-order valence-corrected chi connectivity index (χ4v) is 8.57. The molecule has 0 aromatic carbocycles. The van der Waals surface area contributed by atoms with Crippen LogP contribution in [-0.4, -0.2) is 46.9 Å². The van der Waals surface area contributed by atoms with Gasteiger partial charge in [0.05, 0.1) is 25.2 Å². The van der Waals surface area contributed by atoms with Crippen LogP contribution in [0.4, 0.5) is 0 Å². The average Bonchev–Trinajstić information content (AvgIpc) is 3.30. The number of aliphatic hydroxyl groups excluding tert-OH is 2. The lowest BCUT2D eigenvalue weighted by Gasteiger charge is -2.24. The number of hydrogen-bond donors (Lipinski definition) is 3. The molecule has 6 heteroatoms. The molecule has 3 atom stereocenters. The number of allylic oxidation sites excluding steroid dienone is 8. The van der Waals surface area contributed by atoms with E-state index < -0.39 is 18.2 Å². The van der Waals surface area contributed by atoms with Gasteiger partial charge >= 0.3 is 5.97 Å². The van der Waals surface area contributed by atoms with Gasteiger partial charge < -0.3 is 20.3 Å². The van der Waals surface area contributed by atoms with Gasteiger partial charge in [0.2, 0.25) is 5.91 Å². The summed E-state index contributed by atoms with van der Waals surface area (Å²) in [5.74, 6) is -0.503. The minimum Gasteiger partial charge on any atom is -0.462 e. The Balaban J connectivity index is 4.62. The van der Waals surface area contributed by atoms with Crippen LogP contribution in [0.3, 0.4) is 0 Å². The van der Waals surface area contributed by atoms with Crippen molar-refractivity contribution in [1.29, 1.82) is 0 Å². The van der Waals surface area contributed by atoms with Crippen molar-refractivity contribution in [3.05, 3.63) is 48.6 Å². The van der Waals surface area contributed by atoms with E-state index >= 15 is 0 Å². The second kappa shape index (κ2) is 52.8. The third-order valence-electron chi connectivity index (χ3n) is 12.9. The van der Waals surface area contributed by atoms with Crippen LogP contribution < -0.4 is 5.32 Å². The largest absolute Gasteiger partial charge is 0.462 e. The molecule has 0 saturated carbocycles. The van der Waals surface area contributed by atoms with Gasteiger partial charge in [0.25, 0.3) is 0 Å². The summed E-state index contributed by atoms with van der Waals surface area (Å²) >= 11 is 0. The molecule has 0 fully saturated rings. The van der Waals surface area contributed by atoms with Gasteiger partial charge in [0.15, 0.2) is 0 Å². The molecular weight excluding hydrogens is 803 g/mol. The van der Waals surface area contributed by atoms with Crippen LogP contribution in [0.5, 0.6) is 0 Å². The maximum absolute atomic E-state index is 13.3. The van der Waals surface area contributed by atoms with E-state index in [2.05, 4.69) is 74.7 Å². The molecular formula is C59H109NO5. The Morgan fingerprint density at radius 1 is 0.462 bits per heavy atom. The molecule has 3 N–H and O–H groups in total. The second-order valence-electron chi connectivity index (χ2n) is 19.4. The summed E-state index contributed by atoms with van der Waals surface area (Å²) in [4.78, 5) is 26.2. The van der Waals surface area contributed by atoms with Crippen LogP contribution in [0.15, 0.2) is 48.6 Å². The highest BCUT2D eigenvalue weighted by Crippen LogP contribution is 2.18. The van der Waals surface area contributed by atoms with E-state index in [0.717, 1.165) is 83.5 Å². The first-order valence-electron chi connectivity index (χ1n) is 28.4. The van der Waals surface area contributed by atoms with Crippen molar-refractivity contribution >= 4 is 11.9 Å². The smallest absolute Gasteiger partial charge is 0.306 e. The third-order valence-corrected chi connectivity index (χ3v) is 12.9. The number of unbranched alkanes of at least 4 members (excludes halogenated alkanes) is 32. The Labute approximate surface area is 404 Å². The van der Waals surface area contributed by atoms with Crippen molar-refractivity contribution in [3.8, 4) is 0 Å². The van der Waals surface area contributed by atoms with Crippen molar-refractivity contribution in [3.63, 3.8) is 0 Å². The molecule has 0 bridgehead atoms. The summed E-state index contributed by atoms with van der Waals surface area (Å²) in [5, 5.41) is 23.8. The first kappa shape index (κ1) is 62.8. The normalized spacial score (nSPS) is 13.5. The first-order chi connectivity index (χ1) is 32.0.